The van der Waals surface area contributed by atoms with Crippen molar-refractivity contribution in [2.24, 2.45) is 0 Å². The van der Waals surface area contributed by atoms with Crippen molar-refractivity contribution in [1.29, 1.82) is 0 Å². The van der Waals surface area contributed by atoms with Crippen molar-refractivity contribution >= 4 is 150 Å². The first-order valence-corrected chi connectivity index (χ1v) is 36.9. The van der Waals surface area contributed by atoms with Crippen LogP contribution in [0, 0.1) is 13.8 Å². The number of halogens is 3. The van der Waals surface area contributed by atoms with Crippen LogP contribution in [0.2, 0.25) is 15.2 Å². The van der Waals surface area contributed by atoms with Gasteiger partial charge in [-0.15, -0.1) is 0 Å². The number of amides is 2. The Morgan fingerprint density at radius 3 is 1.53 bits per heavy atom. The quantitative estimate of drug-likeness (QED) is 0.0652. The van der Waals surface area contributed by atoms with Crippen LogP contribution in [0.5, 0.6) is 5.88 Å². The second kappa shape index (κ2) is 29.8. The van der Waals surface area contributed by atoms with E-state index in [0.29, 0.717) is 59.3 Å². The Hall–Kier alpha value is -0.951. The first kappa shape index (κ1) is 57.4. The molecule has 2 aliphatic rings. The SMILES string of the molecule is CO.COc1ncnc2c1cnn2CC(=O)N1CCN(c2ccc(Cl)c(C)c2)CC1.Cc1cc(N2CCN(C(=O)Cn3ncc4c(Cl)ncnc43)CC2)ccc1Cl.O=CO[O-].[K+].[K][K]. The van der Waals surface area contributed by atoms with E-state index < -0.39 is 0 Å². The van der Waals surface area contributed by atoms with E-state index >= 15 is 0 Å². The summed E-state index contributed by atoms with van der Waals surface area (Å²) < 4.78 is 8.38. The normalized spacial score (nSPS) is 13.1. The Morgan fingerprint density at radius 1 is 0.719 bits per heavy atom. The number of carbonyl (C=O) groups excluding carboxylic acids is 3. The average molecular weight is 1020 g/mol. The van der Waals surface area contributed by atoms with E-state index in [2.05, 4.69) is 57.0 Å². The maximum absolute atomic E-state index is 12.8. The van der Waals surface area contributed by atoms with Gasteiger partial charge in [0.15, 0.2) is 11.3 Å². The Morgan fingerprint density at radius 2 is 1.12 bits per heavy atom. The number of rotatable bonds is 8. The molecule has 6 heterocycles. The second-order valence-corrected chi connectivity index (χ2v) is 14.6. The number of anilines is 2. The van der Waals surface area contributed by atoms with Gasteiger partial charge in [0.25, 0.3) is 6.47 Å². The van der Waals surface area contributed by atoms with Gasteiger partial charge < -0.3 is 39.6 Å². The van der Waals surface area contributed by atoms with Gasteiger partial charge in [-0.05, 0) is 61.4 Å². The number of benzene rings is 2. The number of ether oxygens (including phenoxy) is 1. The minimum absolute atomic E-state index is 0. The third-order valence-corrected chi connectivity index (χ3v) is 11.0. The van der Waals surface area contributed by atoms with Gasteiger partial charge in [0.05, 0.1) is 24.9 Å². The Kier molecular flexibility index (Phi) is 26.7. The van der Waals surface area contributed by atoms with Crippen LogP contribution in [0.1, 0.15) is 11.1 Å². The van der Waals surface area contributed by atoms with Gasteiger partial charge in [-0.25, -0.2) is 29.3 Å². The number of piperazine rings is 2. The van der Waals surface area contributed by atoms with E-state index in [1.807, 2.05) is 47.9 Å². The number of aliphatic hydroxyl groups is 1. The molecule has 25 heteroatoms. The molecule has 6 aromatic rings. The molecule has 2 amide bonds. The monoisotopic (exact) mass is 1010 g/mol. The summed E-state index contributed by atoms with van der Waals surface area (Å²) in [5, 5.41) is 27.2. The molecule has 0 radical (unpaired) electrons. The van der Waals surface area contributed by atoms with Crippen molar-refractivity contribution < 1.29 is 85.8 Å². The molecule has 0 bridgehead atoms. The molecule has 19 nitrogen and oxygen atoms in total. The summed E-state index contributed by atoms with van der Waals surface area (Å²) in [6.07, 6.45) is 6.00. The van der Waals surface area contributed by atoms with E-state index in [-0.39, 0.29) is 82.8 Å². The number of aryl methyl sites for hydroxylation is 2. The van der Waals surface area contributed by atoms with E-state index in [1.54, 1.807) is 28.9 Å². The number of hydrogen-bond donors (Lipinski definition) is 1. The van der Waals surface area contributed by atoms with Crippen molar-refractivity contribution in [2.75, 3.05) is 76.4 Å². The van der Waals surface area contributed by atoms with Crippen molar-refractivity contribution in [1.82, 2.24) is 49.3 Å². The fraction of sp³-hybridized carbons (Fsp3) is 0.359. The van der Waals surface area contributed by atoms with E-state index in [9.17, 15) is 9.59 Å². The molecule has 2 saturated heterocycles. The molecular weight excluding hydrogens is 972 g/mol. The van der Waals surface area contributed by atoms with Gasteiger partial charge in [-0.2, -0.15) is 10.2 Å². The molecular formula is C39H44Cl3K3N12O7. The number of aliphatic hydroxyl groups excluding tert-OH is 1. The fourth-order valence-corrected chi connectivity index (χ4v) is 7.08. The molecule has 64 heavy (non-hydrogen) atoms. The zero-order chi connectivity index (χ0) is 46.1. The number of fused-ring (bicyclic) bond motifs is 2. The summed E-state index contributed by atoms with van der Waals surface area (Å²) in [5.41, 5.74) is 5.54. The van der Waals surface area contributed by atoms with E-state index in [0.717, 1.165) is 65.8 Å². The molecule has 2 fully saturated rings. The topological polar surface area (TPSA) is 213 Å². The van der Waals surface area contributed by atoms with Gasteiger partial charge in [0.1, 0.15) is 36.3 Å². The summed E-state index contributed by atoms with van der Waals surface area (Å²) in [7, 11) is 2.55. The van der Waals surface area contributed by atoms with Gasteiger partial charge in [-0.3, -0.25) is 14.4 Å². The van der Waals surface area contributed by atoms with Crippen LogP contribution in [0.25, 0.3) is 22.1 Å². The molecule has 2 aliphatic heterocycles. The standard InChI is InChI=1S/C19H21ClN6O2.C18H18Cl2N6O.CH2O3.CH4O.3K/c1-13-9-14(3-4-16(13)20)24-5-7-25(8-6-24)17(27)11-26-18-15(10-23-26)19(28-2)22-12-21-18;1-12-8-13(2-3-15(12)19)24-4-6-25(7-5-24)16(27)10-26-18-14(9-23-26)17(20)21-11-22-18;2-1-4-3;1-2;;;/h3-4,9-10,12H,5-8,11H2,1-2H3;2-3,8-9,11H,4-7,10H2,1H3;1,3H;2H,1H3;;;/q;;;;;;+1/p-1. The predicted octanol–water partition coefficient (Wildman–Crippen LogP) is -0.779. The molecule has 0 aliphatic carbocycles. The predicted molar refractivity (Wildman–Crippen MR) is 239 cm³/mol. The molecule has 0 saturated carbocycles. The third-order valence-electron chi connectivity index (χ3n) is 9.86. The van der Waals surface area contributed by atoms with Crippen LogP contribution < -0.4 is 71.2 Å². The number of nitrogens with zero attached hydrogens (tertiary/aromatic N) is 12. The van der Waals surface area contributed by atoms with Gasteiger partial charge in [-0.1, -0.05) is 34.8 Å². The summed E-state index contributed by atoms with van der Waals surface area (Å²) in [6.45, 7) is 9.86. The minimum atomic E-state index is -0.181. The van der Waals surface area contributed by atoms with Crippen LogP contribution in [-0.2, 0) is 32.4 Å². The van der Waals surface area contributed by atoms with E-state index in [1.165, 1.54) is 75.8 Å². The average Bonchev–Trinajstić information content (AvgIpc) is 3.94. The summed E-state index contributed by atoms with van der Waals surface area (Å²) in [5.74, 6) is 0.492. The molecule has 8 rings (SSSR count). The Labute approximate surface area is 473 Å². The molecule has 1 N–H and O–H groups in total. The van der Waals surface area contributed by atoms with Crippen molar-refractivity contribution in [3.8, 4) is 5.88 Å². The fourth-order valence-electron chi connectivity index (χ4n) is 6.67. The molecule has 0 unspecified atom stereocenters. The maximum atomic E-state index is 12.8. The van der Waals surface area contributed by atoms with Crippen LogP contribution in [-0.4, -0.2) is 202 Å². The number of methoxy groups -OCH3 is 1. The second-order valence-electron chi connectivity index (χ2n) is 13.4. The van der Waals surface area contributed by atoms with Gasteiger partial charge >= 0.3 is 115 Å². The van der Waals surface area contributed by atoms with Crippen LogP contribution >= 0.6 is 34.8 Å². The summed E-state index contributed by atoms with van der Waals surface area (Å²) >= 11 is 20.8. The van der Waals surface area contributed by atoms with Gasteiger partial charge in [0.2, 0.25) is 17.7 Å². The zero-order valence-corrected chi connectivity index (χ0v) is 48.5. The van der Waals surface area contributed by atoms with Crippen molar-refractivity contribution in [3.05, 3.63) is 87.8 Å². The summed E-state index contributed by atoms with van der Waals surface area (Å²) in [4.78, 5) is 61.4. The summed E-state index contributed by atoms with van der Waals surface area (Å²) in [6, 6.07) is 12.0. The zero-order valence-electron chi connectivity index (χ0n) is 36.8. The number of hydrogen-bond acceptors (Lipinski definition) is 15. The molecule has 4 aromatic heterocycles. The molecule has 326 valence electrons. The van der Waals surface area contributed by atoms with Crippen LogP contribution in [0.3, 0.4) is 0 Å². The van der Waals surface area contributed by atoms with Crippen molar-refractivity contribution in [2.45, 2.75) is 26.9 Å². The Bertz CT molecular complexity index is 2440. The first-order valence-electron chi connectivity index (χ1n) is 19.8. The van der Waals surface area contributed by atoms with Crippen LogP contribution in [0.15, 0.2) is 61.4 Å². The third kappa shape index (κ3) is 15.8. The number of carbonyl (C=O) groups is 3. The van der Waals surface area contributed by atoms with Crippen molar-refractivity contribution in [3.63, 3.8) is 0 Å². The number of aromatic nitrogens is 8. The van der Waals surface area contributed by atoms with E-state index in [4.69, 9.17) is 54.7 Å². The molecule has 0 atom stereocenters. The van der Waals surface area contributed by atoms with Crippen LogP contribution in [0.4, 0.5) is 11.4 Å². The molecule has 2 aromatic carbocycles. The van der Waals surface area contributed by atoms with Gasteiger partial charge in [0, 0.05) is 80.9 Å². The molecule has 0 spiro atoms. The first-order chi connectivity index (χ1) is 30.5. The Balaban J connectivity index is 0.000000289.